The minimum atomic E-state index is -4.20. The van der Waals surface area contributed by atoms with Gasteiger partial charge in [-0.15, -0.1) is 11.8 Å². The number of nitrogens with zero attached hydrogens (tertiary/aromatic N) is 2. The highest BCUT2D eigenvalue weighted by Crippen LogP contribution is 2.48. The van der Waals surface area contributed by atoms with Gasteiger partial charge >= 0.3 is 19.4 Å². The number of rotatable bonds is 10. The number of carbonyl (C=O) groups is 1. The van der Waals surface area contributed by atoms with Crippen molar-refractivity contribution in [3.8, 4) is 5.75 Å². The molecule has 2 heterocycles. The van der Waals surface area contributed by atoms with Gasteiger partial charge in [-0.1, -0.05) is 18.2 Å². The summed E-state index contributed by atoms with van der Waals surface area (Å²) in [5.41, 5.74) is 4.72. The Bertz CT molecular complexity index is 1120. The van der Waals surface area contributed by atoms with E-state index in [1.807, 2.05) is 0 Å². The van der Waals surface area contributed by atoms with Crippen molar-refractivity contribution >= 4 is 31.3 Å². The highest BCUT2D eigenvalue weighted by atomic mass is 32.2. The number of aliphatic hydroxyl groups excluding tert-OH is 1. The zero-order chi connectivity index (χ0) is 25.8. The third kappa shape index (κ3) is 7.05. The molecule has 1 aliphatic rings. The smallest absolute Gasteiger partial charge is 0.459 e. The number of carbonyl (C=O) groups excluding carboxylic acids is 1. The van der Waals surface area contributed by atoms with E-state index in [9.17, 15) is 23.7 Å². The molecule has 0 radical (unpaired) electrons. The molecule has 0 saturated carbocycles. The third-order valence-corrected chi connectivity index (χ3v) is 8.03. The van der Waals surface area contributed by atoms with Crippen molar-refractivity contribution in [2.75, 3.05) is 12.3 Å². The van der Waals surface area contributed by atoms with Gasteiger partial charge in [-0.05, 0) is 39.0 Å². The molecule has 2 aromatic rings. The zero-order valence-corrected chi connectivity index (χ0v) is 21.0. The third-order valence-electron chi connectivity index (χ3n) is 4.85. The van der Waals surface area contributed by atoms with E-state index in [1.54, 1.807) is 44.2 Å². The van der Waals surface area contributed by atoms with Crippen molar-refractivity contribution in [2.45, 2.75) is 55.8 Å². The van der Waals surface area contributed by atoms with Crippen LogP contribution in [0.4, 0.5) is 10.2 Å². The number of esters is 1. The molecular formula is C21H28FN4O7PS. The van der Waals surface area contributed by atoms with Gasteiger partial charge in [0.15, 0.2) is 6.17 Å². The maximum Gasteiger partial charge on any atom is 0.459 e. The van der Waals surface area contributed by atoms with Gasteiger partial charge in [0.05, 0.1) is 18.0 Å². The Morgan fingerprint density at radius 1 is 1.31 bits per heavy atom. The van der Waals surface area contributed by atoms with Gasteiger partial charge < -0.3 is 20.1 Å². The highest BCUT2D eigenvalue weighted by Gasteiger charge is 2.46. The number of aromatic nitrogens is 2. The van der Waals surface area contributed by atoms with Crippen LogP contribution in [0.3, 0.4) is 0 Å². The monoisotopic (exact) mass is 530 g/mol. The lowest BCUT2D eigenvalue weighted by Crippen LogP contribution is -2.37. The first-order chi connectivity index (χ1) is 16.5. The molecule has 1 aromatic carbocycles. The summed E-state index contributed by atoms with van der Waals surface area (Å²) in [6.45, 7) is 4.36. The lowest BCUT2D eigenvalue weighted by atomic mass is 10.1. The predicted octanol–water partition coefficient (Wildman–Crippen LogP) is 2.27. The van der Waals surface area contributed by atoms with Crippen LogP contribution in [0.1, 0.15) is 26.1 Å². The summed E-state index contributed by atoms with van der Waals surface area (Å²) in [6.07, 6.45) is -2.48. The fourth-order valence-electron chi connectivity index (χ4n) is 3.19. The van der Waals surface area contributed by atoms with E-state index in [2.05, 4.69) is 10.1 Å². The van der Waals surface area contributed by atoms with E-state index in [0.717, 1.165) is 16.3 Å². The predicted molar refractivity (Wildman–Crippen MR) is 129 cm³/mol. The van der Waals surface area contributed by atoms with Gasteiger partial charge in [0.25, 0.3) is 0 Å². The molecule has 0 aliphatic carbocycles. The van der Waals surface area contributed by atoms with Gasteiger partial charge in [-0.2, -0.15) is 10.1 Å². The average Bonchev–Trinajstić information content (AvgIpc) is 3.06. The number of ether oxygens (including phenoxy) is 1. The largest absolute Gasteiger partial charge is 0.462 e. The molecule has 0 bridgehead atoms. The van der Waals surface area contributed by atoms with Crippen molar-refractivity contribution in [1.82, 2.24) is 14.6 Å². The second-order valence-electron chi connectivity index (χ2n) is 8.08. The SMILES string of the molecule is CC(C)OC(=O)C(C)NP(=O)(OC[C@H]1S[C@@H](n2ccc(N)nc2=O)[C@@H](F)[C@@H]1O)Oc1ccccc1. The first kappa shape index (κ1) is 27.2. The quantitative estimate of drug-likeness (QED) is 0.306. The Balaban J connectivity index is 1.75. The number of alkyl halides is 1. The molecule has 35 heavy (non-hydrogen) atoms. The molecule has 0 spiro atoms. The minimum Gasteiger partial charge on any atom is -0.462 e. The number of aliphatic hydroxyl groups is 1. The maximum absolute atomic E-state index is 14.9. The fourth-order valence-corrected chi connectivity index (χ4v) is 6.23. The molecule has 6 atom stereocenters. The molecule has 14 heteroatoms. The summed E-state index contributed by atoms with van der Waals surface area (Å²) >= 11 is 0.917. The van der Waals surface area contributed by atoms with Crippen molar-refractivity contribution in [3.63, 3.8) is 0 Å². The van der Waals surface area contributed by atoms with E-state index < -0.39 is 61.1 Å². The minimum absolute atomic E-state index is 0.0136. The molecule has 1 fully saturated rings. The van der Waals surface area contributed by atoms with Crippen molar-refractivity contribution < 1.29 is 32.6 Å². The molecule has 1 aliphatic heterocycles. The van der Waals surface area contributed by atoms with Gasteiger partial charge in [0, 0.05) is 6.20 Å². The number of benzene rings is 1. The van der Waals surface area contributed by atoms with Crippen LogP contribution < -0.4 is 21.0 Å². The van der Waals surface area contributed by atoms with Crippen molar-refractivity contribution in [2.24, 2.45) is 0 Å². The number of thioether (sulfide) groups is 1. The number of anilines is 1. The fraction of sp³-hybridized carbons (Fsp3) is 0.476. The van der Waals surface area contributed by atoms with E-state index in [-0.39, 0.29) is 11.6 Å². The van der Waals surface area contributed by atoms with E-state index in [4.69, 9.17) is 19.5 Å². The van der Waals surface area contributed by atoms with Gasteiger partial charge in [-0.25, -0.2) is 13.8 Å². The average molecular weight is 531 g/mol. The molecule has 192 valence electrons. The number of nitrogen functional groups attached to an aromatic ring is 1. The number of nitrogens with two attached hydrogens (primary N) is 1. The van der Waals surface area contributed by atoms with Crippen LogP contribution in [-0.2, 0) is 18.6 Å². The summed E-state index contributed by atoms with van der Waals surface area (Å²) in [4.78, 5) is 27.9. The van der Waals surface area contributed by atoms with Crippen LogP contribution in [0.5, 0.6) is 5.75 Å². The Kier molecular flexibility index (Phi) is 8.94. The molecule has 1 saturated heterocycles. The lowest BCUT2D eigenvalue weighted by Gasteiger charge is -2.25. The zero-order valence-electron chi connectivity index (χ0n) is 19.3. The van der Waals surface area contributed by atoms with E-state index >= 15 is 0 Å². The summed E-state index contributed by atoms with van der Waals surface area (Å²) in [5.74, 6) is -0.483. The number of para-hydroxylation sites is 1. The Hall–Kier alpha value is -2.44. The summed E-state index contributed by atoms with van der Waals surface area (Å²) in [5, 5.41) is 11.0. The lowest BCUT2D eigenvalue weighted by molar-refractivity contribution is -0.149. The number of nitrogens with one attached hydrogen (secondary N) is 1. The van der Waals surface area contributed by atoms with Gasteiger partial charge in [-0.3, -0.25) is 13.9 Å². The summed E-state index contributed by atoms with van der Waals surface area (Å²) < 4.78 is 45.7. The molecular weight excluding hydrogens is 502 g/mol. The number of hydrogen-bond acceptors (Lipinski definition) is 10. The van der Waals surface area contributed by atoms with Crippen LogP contribution in [0.2, 0.25) is 0 Å². The number of hydrogen-bond donors (Lipinski definition) is 3. The summed E-state index contributed by atoms with van der Waals surface area (Å²) in [7, 11) is -4.20. The van der Waals surface area contributed by atoms with Crippen LogP contribution in [0.15, 0.2) is 47.4 Å². The normalized spacial score (nSPS) is 24.6. The second-order valence-corrected chi connectivity index (χ2v) is 11.1. The molecule has 11 nitrogen and oxygen atoms in total. The van der Waals surface area contributed by atoms with Gasteiger partial charge in [0.1, 0.15) is 29.1 Å². The maximum atomic E-state index is 14.9. The second kappa shape index (κ2) is 11.5. The van der Waals surface area contributed by atoms with E-state index in [1.165, 1.54) is 19.2 Å². The van der Waals surface area contributed by atoms with Gasteiger partial charge in [0.2, 0.25) is 0 Å². The van der Waals surface area contributed by atoms with Crippen LogP contribution in [0, 0.1) is 0 Å². The van der Waals surface area contributed by atoms with Crippen LogP contribution >= 0.6 is 19.5 Å². The standard InChI is InChI=1S/C21H28FN4O7PS/c1-12(2)32-20(28)13(3)25-34(30,33-14-7-5-4-6-8-14)31-11-15-18(27)17(22)19(35-15)26-10-9-16(23)24-21(26)29/h4-10,12-13,15,17-19,27H,11H2,1-3H3,(H,25,30)(H2,23,24,29)/t13?,15-,17+,18-,19-,34?/m1/s1. The highest BCUT2D eigenvalue weighted by molar-refractivity contribution is 8.00. The molecule has 2 unspecified atom stereocenters. The van der Waals surface area contributed by atoms with Crippen LogP contribution in [0.25, 0.3) is 0 Å². The topological polar surface area (TPSA) is 155 Å². The molecule has 0 amide bonds. The molecule has 1 aromatic heterocycles. The summed E-state index contributed by atoms with van der Waals surface area (Å²) in [6, 6.07) is 8.41. The van der Waals surface area contributed by atoms with Crippen LogP contribution in [-0.4, -0.2) is 56.9 Å². The van der Waals surface area contributed by atoms with E-state index in [0.29, 0.717) is 0 Å². The van der Waals surface area contributed by atoms with Crippen molar-refractivity contribution in [3.05, 3.63) is 53.1 Å². The first-order valence-corrected chi connectivity index (χ1v) is 13.3. The first-order valence-electron chi connectivity index (χ1n) is 10.8. The Labute approximate surface area is 205 Å². The Morgan fingerprint density at radius 2 is 2.00 bits per heavy atom. The number of halogens is 1. The Morgan fingerprint density at radius 3 is 2.63 bits per heavy atom. The van der Waals surface area contributed by atoms with Crippen molar-refractivity contribution in [1.29, 1.82) is 0 Å². The molecule has 4 N–H and O–H groups in total. The molecule has 3 rings (SSSR count).